The Morgan fingerprint density at radius 1 is 1.28 bits per heavy atom. The zero-order valence-electron chi connectivity index (χ0n) is 11.5. The van der Waals surface area contributed by atoms with Crippen molar-refractivity contribution in [3.05, 3.63) is 23.8 Å². The first-order chi connectivity index (χ1) is 8.80. The molecule has 0 saturated heterocycles. The monoisotopic (exact) mass is 249 g/mol. The van der Waals surface area contributed by atoms with E-state index in [-0.39, 0.29) is 0 Å². The lowest BCUT2D eigenvalue weighted by Crippen LogP contribution is -2.22. The third kappa shape index (κ3) is 2.96. The number of hydrogen-bond acceptors (Lipinski definition) is 3. The van der Waals surface area contributed by atoms with Crippen LogP contribution in [0.15, 0.2) is 18.2 Å². The van der Waals surface area contributed by atoms with Crippen LogP contribution in [0.3, 0.4) is 0 Å². The molecule has 1 unspecified atom stereocenters. The summed E-state index contributed by atoms with van der Waals surface area (Å²) in [4.78, 5) is 0. The number of para-hydroxylation sites is 1. The van der Waals surface area contributed by atoms with Gasteiger partial charge in [0, 0.05) is 11.6 Å². The number of benzene rings is 1. The van der Waals surface area contributed by atoms with Crippen molar-refractivity contribution in [1.29, 1.82) is 0 Å². The highest BCUT2D eigenvalue weighted by atomic mass is 16.5. The third-order valence-electron chi connectivity index (χ3n) is 3.53. The number of hydrogen-bond donors (Lipinski definition) is 1. The maximum atomic E-state index is 5.53. The highest BCUT2D eigenvalue weighted by Crippen LogP contribution is 2.42. The Morgan fingerprint density at radius 3 is 2.61 bits per heavy atom. The molecule has 0 radical (unpaired) electrons. The van der Waals surface area contributed by atoms with Crippen LogP contribution >= 0.6 is 0 Å². The quantitative estimate of drug-likeness (QED) is 0.805. The second-order valence-corrected chi connectivity index (χ2v) is 4.87. The average molecular weight is 249 g/mol. The molecule has 0 bridgehead atoms. The summed E-state index contributed by atoms with van der Waals surface area (Å²) in [5.41, 5.74) is 1.21. The first kappa shape index (κ1) is 13.2. The predicted octanol–water partition coefficient (Wildman–Crippen LogP) is 3.15. The summed E-state index contributed by atoms with van der Waals surface area (Å²) in [6.07, 6.45) is 3.93. The summed E-state index contributed by atoms with van der Waals surface area (Å²) < 4.78 is 10.9. The molecular formula is C15H23NO2. The fourth-order valence-electron chi connectivity index (χ4n) is 2.44. The number of ether oxygens (including phenoxy) is 2. The minimum Gasteiger partial charge on any atom is -0.493 e. The number of methoxy groups -OCH3 is 2. The molecule has 1 atom stereocenters. The van der Waals surface area contributed by atoms with E-state index in [1.165, 1.54) is 24.8 Å². The standard InChI is InChI=1S/C15H23NO2/c1-4-16-13(10-11-8-9-11)12-6-5-7-14(17-2)15(12)18-3/h5-7,11,13,16H,4,8-10H2,1-3H3. The Kier molecular flexibility index (Phi) is 4.48. The summed E-state index contributed by atoms with van der Waals surface area (Å²) in [7, 11) is 3.40. The molecule has 1 aliphatic carbocycles. The molecule has 0 aliphatic heterocycles. The fourth-order valence-corrected chi connectivity index (χ4v) is 2.44. The highest BCUT2D eigenvalue weighted by molar-refractivity contribution is 5.48. The summed E-state index contributed by atoms with van der Waals surface area (Å²) in [6, 6.07) is 6.49. The van der Waals surface area contributed by atoms with Crippen LogP contribution in [0.25, 0.3) is 0 Å². The molecule has 2 rings (SSSR count). The van der Waals surface area contributed by atoms with E-state index in [2.05, 4.69) is 18.3 Å². The lowest BCUT2D eigenvalue weighted by atomic mass is 9.99. The first-order valence-corrected chi connectivity index (χ1v) is 6.74. The normalized spacial score (nSPS) is 16.4. The number of rotatable bonds is 7. The van der Waals surface area contributed by atoms with Gasteiger partial charge in [-0.2, -0.15) is 0 Å². The molecule has 18 heavy (non-hydrogen) atoms. The third-order valence-corrected chi connectivity index (χ3v) is 3.53. The van der Waals surface area contributed by atoms with Crippen molar-refractivity contribution in [3.63, 3.8) is 0 Å². The Hall–Kier alpha value is -1.22. The lowest BCUT2D eigenvalue weighted by molar-refractivity contribution is 0.344. The molecule has 1 N–H and O–H groups in total. The van der Waals surface area contributed by atoms with Crippen LogP contribution in [0.4, 0.5) is 0 Å². The van der Waals surface area contributed by atoms with Crippen molar-refractivity contribution in [1.82, 2.24) is 5.32 Å². The lowest BCUT2D eigenvalue weighted by Gasteiger charge is -2.22. The Bertz CT molecular complexity index is 388. The zero-order valence-corrected chi connectivity index (χ0v) is 11.5. The molecule has 1 aromatic carbocycles. The van der Waals surface area contributed by atoms with Gasteiger partial charge >= 0.3 is 0 Å². The second-order valence-electron chi connectivity index (χ2n) is 4.87. The van der Waals surface area contributed by atoms with E-state index in [0.29, 0.717) is 6.04 Å². The van der Waals surface area contributed by atoms with Gasteiger partial charge in [-0.25, -0.2) is 0 Å². The molecule has 0 heterocycles. The minimum atomic E-state index is 0.368. The van der Waals surface area contributed by atoms with Gasteiger partial charge in [0.05, 0.1) is 14.2 Å². The average Bonchev–Trinajstić information content (AvgIpc) is 3.21. The van der Waals surface area contributed by atoms with Gasteiger partial charge in [0.15, 0.2) is 11.5 Å². The van der Waals surface area contributed by atoms with Crippen LogP contribution in [-0.2, 0) is 0 Å². The summed E-state index contributed by atoms with van der Waals surface area (Å²) in [5.74, 6) is 2.56. The van der Waals surface area contributed by atoms with Gasteiger partial charge < -0.3 is 14.8 Å². The van der Waals surface area contributed by atoms with E-state index in [9.17, 15) is 0 Å². The van der Waals surface area contributed by atoms with Gasteiger partial charge in [0.2, 0.25) is 0 Å². The van der Waals surface area contributed by atoms with E-state index in [4.69, 9.17) is 9.47 Å². The second kappa shape index (κ2) is 6.10. The Labute approximate surface area is 109 Å². The fraction of sp³-hybridized carbons (Fsp3) is 0.600. The summed E-state index contributed by atoms with van der Waals surface area (Å²) in [5, 5.41) is 3.56. The summed E-state index contributed by atoms with van der Waals surface area (Å²) >= 11 is 0. The van der Waals surface area contributed by atoms with Crippen molar-refractivity contribution in [2.45, 2.75) is 32.2 Å². The Balaban J connectivity index is 2.26. The van der Waals surface area contributed by atoms with Crippen LogP contribution in [0.5, 0.6) is 11.5 Å². The van der Waals surface area contributed by atoms with Crippen molar-refractivity contribution in [2.24, 2.45) is 5.92 Å². The van der Waals surface area contributed by atoms with Crippen LogP contribution in [0.1, 0.15) is 37.8 Å². The largest absolute Gasteiger partial charge is 0.493 e. The molecular weight excluding hydrogens is 226 g/mol. The van der Waals surface area contributed by atoms with Gasteiger partial charge in [-0.1, -0.05) is 31.9 Å². The minimum absolute atomic E-state index is 0.368. The molecule has 0 aromatic heterocycles. The van der Waals surface area contributed by atoms with E-state index in [1.54, 1.807) is 14.2 Å². The maximum Gasteiger partial charge on any atom is 0.165 e. The topological polar surface area (TPSA) is 30.5 Å². The first-order valence-electron chi connectivity index (χ1n) is 6.74. The molecule has 1 aromatic rings. The molecule has 100 valence electrons. The van der Waals surface area contributed by atoms with Crippen molar-refractivity contribution in [3.8, 4) is 11.5 Å². The van der Waals surface area contributed by atoms with Gasteiger partial charge in [0.1, 0.15) is 0 Å². The molecule has 3 heteroatoms. The van der Waals surface area contributed by atoms with Crippen molar-refractivity contribution in [2.75, 3.05) is 20.8 Å². The zero-order chi connectivity index (χ0) is 13.0. The number of nitrogens with one attached hydrogen (secondary N) is 1. The van der Waals surface area contributed by atoms with Gasteiger partial charge in [-0.15, -0.1) is 0 Å². The molecule has 0 amide bonds. The van der Waals surface area contributed by atoms with E-state index in [1.807, 2.05) is 12.1 Å². The van der Waals surface area contributed by atoms with Crippen molar-refractivity contribution < 1.29 is 9.47 Å². The summed E-state index contributed by atoms with van der Waals surface area (Å²) in [6.45, 7) is 3.12. The SMILES string of the molecule is CCNC(CC1CC1)c1cccc(OC)c1OC. The highest BCUT2D eigenvalue weighted by Gasteiger charge is 2.28. The van der Waals surface area contributed by atoms with E-state index in [0.717, 1.165) is 24.0 Å². The molecule has 3 nitrogen and oxygen atoms in total. The van der Waals surface area contributed by atoms with Crippen LogP contribution in [-0.4, -0.2) is 20.8 Å². The van der Waals surface area contributed by atoms with Crippen LogP contribution in [0, 0.1) is 5.92 Å². The van der Waals surface area contributed by atoms with Crippen LogP contribution < -0.4 is 14.8 Å². The van der Waals surface area contributed by atoms with E-state index < -0.39 is 0 Å². The smallest absolute Gasteiger partial charge is 0.165 e. The molecule has 0 spiro atoms. The predicted molar refractivity (Wildman–Crippen MR) is 73.3 cm³/mol. The van der Waals surface area contributed by atoms with Crippen molar-refractivity contribution >= 4 is 0 Å². The van der Waals surface area contributed by atoms with Gasteiger partial charge in [-0.3, -0.25) is 0 Å². The Morgan fingerprint density at radius 2 is 2.06 bits per heavy atom. The maximum absolute atomic E-state index is 5.53. The molecule has 1 aliphatic rings. The van der Waals surface area contributed by atoms with Gasteiger partial charge in [-0.05, 0) is 24.9 Å². The molecule has 1 fully saturated rings. The van der Waals surface area contributed by atoms with Gasteiger partial charge in [0.25, 0.3) is 0 Å². The molecule has 1 saturated carbocycles. The van der Waals surface area contributed by atoms with E-state index >= 15 is 0 Å². The van der Waals surface area contributed by atoms with Crippen LogP contribution in [0.2, 0.25) is 0 Å².